The summed E-state index contributed by atoms with van der Waals surface area (Å²) in [4.78, 5) is 11.8. The predicted molar refractivity (Wildman–Crippen MR) is 50.2 cm³/mol. The largest absolute Gasteiger partial charge is 0.298 e. The number of Topliss-reactive ketones (excluding diaryl/α,β-unsaturated/α-hetero) is 1. The van der Waals surface area contributed by atoms with Gasteiger partial charge in [0.15, 0.2) is 5.78 Å². The van der Waals surface area contributed by atoms with Crippen LogP contribution in [0.4, 0.5) is 0 Å². The van der Waals surface area contributed by atoms with Gasteiger partial charge in [0.25, 0.3) is 0 Å². The maximum Gasteiger partial charge on any atom is 0.152 e. The van der Waals surface area contributed by atoms with E-state index in [0.29, 0.717) is 11.7 Å². The maximum absolute atomic E-state index is 11.8. The van der Waals surface area contributed by atoms with E-state index >= 15 is 0 Å². The lowest BCUT2D eigenvalue weighted by atomic mass is 9.55. The molecule has 4 rings (SSSR count). The molecule has 4 fully saturated rings. The molecule has 1 nitrogen and oxygen atoms in total. The second kappa shape index (κ2) is 2.14. The Morgan fingerprint density at radius 1 is 1.17 bits per heavy atom. The average Bonchev–Trinajstić information content (AvgIpc) is 1.98. The van der Waals surface area contributed by atoms with Crippen molar-refractivity contribution in [1.82, 2.24) is 0 Å². The first-order valence-electron chi connectivity index (χ1n) is 4.90. The molecule has 0 saturated heterocycles. The molecule has 0 N–H and O–H groups in total. The molecule has 4 aliphatic carbocycles. The Bertz CT molecular complexity index is 234. The molecule has 12 heavy (non-hydrogen) atoms. The highest BCUT2D eigenvalue weighted by atomic mass is 79.9. The summed E-state index contributed by atoms with van der Waals surface area (Å²) in [6.07, 6.45) is 6.04. The van der Waals surface area contributed by atoms with Gasteiger partial charge in [-0.15, -0.1) is 0 Å². The number of alkyl halides is 1. The summed E-state index contributed by atoms with van der Waals surface area (Å²) in [5, 5.41) is 0. The molecule has 66 valence electrons. The molecule has 0 radical (unpaired) electrons. The van der Waals surface area contributed by atoms with Crippen molar-refractivity contribution < 1.29 is 4.79 Å². The second-order valence-electron chi connectivity index (χ2n) is 4.87. The zero-order valence-electron chi connectivity index (χ0n) is 7.05. The highest BCUT2D eigenvalue weighted by Gasteiger charge is 2.55. The lowest BCUT2D eigenvalue weighted by Crippen LogP contribution is -2.54. The molecule has 2 heteroatoms. The normalized spacial score (nSPS) is 56.4. The smallest absolute Gasteiger partial charge is 0.152 e. The van der Waals surface area contributed by atoms with E-state index < -0.39 is 0 Å². The topological polar surface area (TPSA) is 17.1 Å². The molecule has 0 amide bonds. The van der Waals surface area contributed by atoms with Crippen LogP contribution in [0.2, 0.25) is 0 Å². The number of rotatable bonds is 0. The van der Waals surface area contributed by atoms with E-state index in [1.165, 1.54) is 19.3 Å². The van der Waals surface area contributed by atoms with Gasteiger partial charge >= 0.3 is 0 Å². The van der Waals surface area contributed by atoms with Gasteiger partial charge in [-0.25, -0.2) is 0 Å². The Kier molecular flexibility index (Phi) is 1.35. The molecule has 2 unspecified atom stereocenters. The number of ketones is 1. The minimum Gasteiger partial charge on any atom is -0.298 e. The van der Waals surface area contributed by atoms with Gasteiger partial charge in [-0.05, 0) is 43.9 Å². The monoisotopic (exact) mass is 228 g/mol. The Labute approximate surface area is 81.0 Å². The van der Waals surface area contributed by atoms with E-state index in [1.54, 1.807) is 0 Å². The van der Waals surface area contributed by atoms with Crippen molar-refractivity contribution in [1.29, 1.82) is 0 Å². The van der Waals surface area contributed by atoms with E-state index in [1.807, 2.05) is 0 Å². The molecular formula is C10H13BrO. The number of halogens is 1. The highest BCUT2D eigenvalue weighted by Crippen LogP contribution is 2.57. The number of carbonyl (C=O) groups is 1. The van der Waals surface area contributed by atoms with Crippen LogP contribution in [0.1, 0.15) is 32.1 Å². The predicted octanol–water partition coefficient (Wildman–Crippen LogP) is 2.53. The van der Waals surface area contributed by atoms with Crippen LogP contribution in [0.15, 0.2) is 0 Å². The summed E-state index contributed by atoms with van der Waals surface area (Å²) in [6.45, 7) is 0. The molecule has 4 saturated carbocycles. The summed E-state index contributed by atoms with van der Waals surface area (Å²) >= 11 is 3.67. The van der Waals surface area contributed by atoms with Crippen molar-refractivity contribution in [3.8, 4) is 0 Å². The first kappa shape index (κ1) is 7.54. The minimum atomic E-state index is -0.0677. The van der Waals surface area contributed by atoms with Crippen LogP contribution >= 0.6 is 15.9 Å². The van der Waals surface area contributed by atoms with Crippen molar-refractivity contribution in [2.45, 2.75) is 36.4 Å². The van der Waals surface area contributed by atoms with Crippen molar-refractivity contribution in [3.63, 3.8) is 0 Å². The zero-order valence-corrected chi connectivity index (χ0v) is 8.64. The third-order valence-electron chi connectivity index (χ3n) is 3.94. The quantitative estimate of drug-likeness (QED) is 0.583. The molecule has 4 aliphatic rings. The molecule has 0 aromatic heterocycles. The fraction of sp³-hybridized carbons (Fsp3) is 0.900. The molecule has 0 spiro atoms. The van der Waals surface area contributed by atoms with Crippen LogP contribution < -0.4 is 0 Å². The van der Waals surface area contributed by atoms with Gasteiger partial charge in [0.2, 0.25) is 0 Å². The standard InChI is InChI=1S/C10H13BrO/c11-10-4-6-1-7(5-10)3-8(2-6)9(10)12/h6-8H,1-5H2. The van der Waals surface area contributed by atoms with E-state index in [2.05, 4.69) is 15.9 Å². The number of carbonyl (C=O) groups excluding carboxylic acids is 1. The van der Waals surface area contributed by atoms with Gasteiger partial charge in [-0.3, -0.25) is 4.79 Å². The minimum absolute atomic E-state index is 0.0677. The Morgan fingerprint density at radius 2 is 1.75 bits per heavy atom. The molecular weight excluding hydrogens is 216 g/mol. The van der Waals surface area contributed by atoms with Crippen LogP contribution in [0.3, 0.4) is 0 Å². The molecule has 0 aromatic rings. The highest BCUT2D eigenvalue weighted by molar-refractivity contribution is 9.10. The fourth-order valence-corrected chi connectivity index (χ4v) is 4.92. The molecule has 0 heterocycles. The molecule has 4 bridgehead atoms. The van der Waals surface area contributed by atoms with Crippen LogP contribution in [-0.2, 0) is 4.79 Å². The van der Waals surface area contributed by atoms with Gasteiger partial charge in [-0.2, -0.15) is 0 Å². The lowest BCUT2D eigenvalue weighted by Gasteiger charge is -2.52. The van der Waals surface area contributed by atoms with Gasteiger partial charge in [-0.1, -0.05) is 15.9 Å². The van der Waals surface area contributed by atoms with E-state index in [0.717, 1.165) is 24.7 Å². The third kappa shape index (κ3) is 0.822. The van der Waals surface area contributed by atoms with Gasteiger partial charge in [0.05, 0.1) is 4.32 Å². The van der Waals surface area contributed by atoms with Crippen molar-refractivity contribution in [3.05, 3.63) is 0 Å². The van der Waals surface area contributed by atoms with E-state index in [9.17, 15) is 4.79 Å². The van der Waals surface area contributed by atoms with Crippen LogP contribution in [0, 0.1) is 17.8 Å². The molecule has 0 aliphatic heterocycles. The van der Waals surface area contributed by atoms with E-state index in [4.69, 9.17) is 0 Å². The summed E-state index contributed by atoms with van der Waals surface area (Å²) in [5.41, 5.74) is 0. The molecule has 0 aromatic carbocycles. The lowest BCUT2D eigenvalue weighted by molar-refractivity contribution is -0.136. The number of hydrogen-bond donors (Lipinski definition) is 0. The molecule has 2 atom stereocenters. The Balaban J connectivity index is 2.02. The van der Waals surface area contributed by atoms with Gasteiger partial charge in [0.1, 0.15) is 0 Å². The summed E-state index contributed by atoms with van der Waals surface area (Å²) in [6, 6.07) is 0. The number of hydrogen-bond acceptors (Lipinski definition) is 1. The van der Waals surface area contributed by atoms with Crippen LogP contribution in [-0.4, -0.2) is 10.1 Å². The maximum atomic E-state index is 11.8. The second-order valence-corrected chi connectivity index (χ2v) is 6.39. The zero-order chi connectivity index (χ0) is 8.34. The first-order valence-corrected chi connectivity index (χ1v) is 5.70. The third-order valence-corrected chi connectivity index (χ3v) is 4.98. The summed E-state index contributed by atoms with van der Waals surface area (Å²) in [5.74, 6) is 2.67. The Hall–Kier alpha value is 0.150. The van der Waals surface area contributed by atoms with Gasteiger partial charge in [0, 0.05) is 5.92 Å². The van der Waals surface area contributed by atoms with Crippen molar-refractivity contribution >= 4 is 21.7 Å². The van der Waals surface area contributed by atoms with Gasteiger partial charge < -0.3 is 0 Å². The van der Waals surface area contributed by atoms with Crippen molar-refractivity contribution in [2.75, 3.05) is 0 Å². The summed E-state index contributed by atoms with van der Waals surface area (Å²) < 4.78 is -0.0677. The Morgan fingerprint density at radius 3 is 2.25 bits per heavy atom. The average molecular weight is 229 g/mol. The van der Waals surface area contributed by atoms with Crippen molar-refractivity contribution in [2.24, 2.45) is 17.8 Å². The first-order chi connectivity index (χ1) is 5.67. The van der Waals surface area contributed by atoms with E-state index in [-0.39, 0.29) is 4.32 Å². The SMILES string of the molecule is O=C1C2CC3CC(C2)CC1(Br)C3. The van der Waals surface area contributed by atoms with Crippen LogP contribution in [0.25, 0.3) is 0 Å². The summed E-state index contributed by atoms with van der Waals surface area (Å²) in [7, 11) is 0. The fourth-order valence-electron chi connectivity index (χ4n) is 3.68. The van der Waals surface area contributed by atoms with Crippen LogP contribution in [0.5, 0.6) is 0 Å².